The number of hydrogen-bond donors (Lipinski definition) is 2. The standard InChI is InChI=1S/C15H13Cl2N5O/c16-8-3-4-9(10(17)6-8)11-7-12(13-2-1-5-23-13)22-15(19-11)20-14(18)21-22/h1-6,11-12H,7H2,(H3,18,19,20,21)/t11-,12-/m1/s1. The van der Waals surface area contributed by atoms with Crippen LogP contribution in [0.1, 0.15) is 29.8 Å². The molecule has 0 bridgehead atoms. The summed E-state index contributed by atoms with van der Waals surface area (Å²) in [7, 11) is 0. The fraction of sp³-hybridized carbons (Fsp3) is 0.200. The minimum atomic E-state index is -0.109. The van der Waals surface area contributed by atoms with Gasteiger partial charge in [-0.15, -0.1) is 5.10 Å². The third-order valence-electron chi connectivity index (χ3n) is 3.91. The van der Waals surface area contributed by atoms with Gasteiger partial charge < -0.3 is 15.5 Å². The van der Waals surface area contributed by atoms with Gasteiger partial charge in [-0.1, -0.05) is 29.3 Å². The van der Waals surface area contributed by atoms with E-state index >= 15 is 0 Å². The molecule has 2 aromatic heterocycles. The Labute approximate surface area is 142 Å². The van der Waals surface area contributed by atoms with E-state index in [2.05, 4.69) is 15.4 Å². The van der Waals surface area contributed by atoms with Gasteiger partial charge in [0.1, 0.15) is 11.8 Å². The summed E-state index contributed by atoms with van der Waals surface area (Å²) in [5, 5.41) is 8.79. The third kappa shape index (κ3) is 2.54. The molecule has 0 unspecified atom stereocenters. The molecule has 0 amide bonds. The van der Waals surface area contributed by atoms with E-state index in [1.54, 1.807) is 17.0 Å². The summed E-state index contributed by atoms with van der Waals surface area (Å²) in [6.07, 6.45) is 2.34. The van der Waals surface area contributed by atoms with Crippen molar-refractivity contribution in [3.8, 4) is 0 Å². The second-order valence-electron chi connectivity index (χ2n) is 5.37. The van der Waals surface area contributed by atoms with Crippen molar-refractivity contribution in [1.29, 1.82) is 0 Å². The third-order valence-corrected chi connectivity index (χ3v) is 4.48. The van der Waals surface area contributed by atoms with E-state index in [9.17, 15) is 0 Å². The number of nitrogens with two attached hydrogens (primary N) is 1. The Bertz CT molecular complexity index is 846. The summed E-state index contributed by atoms with van der Waals surface area (Å²) in [6, 6.07) is 9.07. The van der Waals surface area contributed by atoms with Crippen molar-refractivity contribution in [1.82, 2.24) is 14.8 Å². The molecule has 1 aromatic carbocycles. The molecule has 6 nitrogen and oxygen atoms in total. The van der Waals surface area contributed by atoms with Gasteiger partial charge in [-0.05, 0) is 29.8 Å². The Morgan fingerprint density at radius 2 is 2.17 bits per heavy atom. The quantitative estimate of drug-likeness (QED) is 0.732. The van der Waals surface area contributed by atoms with Crippen molar-refractivity contribution in [2.75, 3.05) is 11.1 Å². The molecular formula is C15H13Cl2N5O. The van der Waals surface area contributed by atoms with Crippen molar-refractivity contribution in [3.63, 3.8) is 0 Å². The van der Waals surface area contributed by atoms with E-state index in [4.69, 9.17) is 33.4 Å². The normalized spacial score (nSPS) is 20.1. The van der Waals surface area contributed by atoms with E-state index in [0.29, 0.717) is 22.4 Å². The maximum absolute atomic E-state index is 6.35. The number of anilines is 2. The Morgan fingerprint density at radius 1 is 1.30 bits per heavy atom. The van der Waals surface area contributed by atoms with Crippen molar-refractivity contribution in [3.05, 3.63) is 58.0 Å². The maximum atomic E-state index is 6.35. The van der Waals surface area contributed by atoms with Crippen LogP contribution in [0.2, 0.25) is 10.0 Å². The number of hydrogen-bond acceptors (Lipinski definition) is 5. The van der Waals surface area contributed by atoms with E-state index < -0.39 is 0 Å². The molecule has 2 atom stereocenters. The zero-order valence-electron chi connectivity index (χ0n) is 11.9. The summed E-state index contributed by atoms with van der Waals surface area (Å²) >= 11 is 12.3. The fourth-order valence-corrected chi connectivity index (χ4v) is 3.44. The first-order valence-corrected chi connectivity index (χ1v) is 7.84. The molecule has 3 heterocycles. The number of nitrogens with one attached hydrogen (secondary N) is 1. The van der Waals surface area contributed by atoms with Crippen molar-refractivity contribution in [2.45, 2.75) is 18.5 Å². The van der Waals surface area contributed by atoms with Crippen LogP contribution in [0.25, 0.3) is 0 Å². The summed E-state index contributed by atoms with van der Waals surface area (Å²) < 4.78 is 7.31. The van der Waals surface area contributed by atoms with Crippen LogP contribution in [0.4, 0.5) is 11.9 Å². The number of benzene rings is 1. The van der Waals surface area contributed by atoms with Gasteiger partial charge in [0.15, 0.2) is 0 Å². The Hall–Kier alpha value is -2.18. The number of furan rings is 1. The summed E-state index contributed by atoms with van der Waals surface area (Å²) in [5.74, 6) is 1.60. The van der Waals surface area contributed by atoms with Crippen molar-refractivity contribution >= 4 is 35.1 Å². The highest BCUT2D eigenvalue weighted by atomic mass is 35.5. The zero-order chi connectivity index (χ0) is 16.0. The first-order chi connectivity index (χ1) is 11.1. The molecule has 0 saturated heterocycles. The first kappa shape index (κ1) is 14.4. The van der Waals surface area contributed by atoms with E-state index in [1.807, 2.05) is 24.3 Å². The van der Waals surface area contributed by atoms with Gasteiger partial charge in [0, 0.05) is 16.5 Å². The van der Waals surface area contributed by atoms with Gasteiger partial charge in [-0.25, -0.2) is 4.68 Å². The average molecular weight is 350 g/mol. The zero-order valence-corrected chi connectivity index (χ0v) is 13.4. The molecule has 4 rings (SSSR count). The van der Waals surface area contributed by atoms with Crippen LogP contribution in [-0.4, -0.2) is 14.8 Å². The van der Waals surface area contributed by atoms with Crippen LogP contribution in [0.15, 0.2) is 41.0 Å². The van der Waals surface area contributed by atoms with Crippen molar-refractivity contribution < 1.29 is 4.42 Å². The molecule has 0 aliphatic carbocycles. The number of halogens is 2. The lowest BCUT2D eigenvalue weighted by atomic mass is 9.96. The topological polar surface area (TPSA) is 81.9 Å². The smallest absolute Gasteiger partial charge is 0.241 e. The number of nitrogens with zero attached hydrogens (tertiary/aromatic N) is 3. The largest absolute Gasteiger partial charge is 0.467 e. The molecular weight excluding hydrogens is 337 g/mol. The lowest BCUT2D eigenvalue weighted by molar-refractivity contribution is 0.359. The lowest BCUT2D eigenvalue weighted by Crippen LogP contribution is -2.28. The SMILES string of the molecule is Nc1nc2n(n1)[C@@H](c1ccco1)C[C@H](c1ccc(Cl)cc1Cl)N2. The van der Waals surface area contributed by atoms with Crippen LogP contribution < -0.4 is 11.1 Å². The van der Waals surface area contributed by atoms with E-state index in [0.717, 1.165) is 11.3 Å². The number of nitrogen functional groups attached to an aromatic ring is 1. The Morgan fingerprint density at radius 3 is 2.91 bits per heavy atom. The van der Waals surface area contributed by atoms with E-state index in [-0.39, 0.29) is 18.0 Å². The molecule has 0 spiro atoms. The molecule has 8 heteroatoms. The first-order valence-electron chi connectivity index (χ1n) is 7.08. The summed E-state index contributed by atoms with van der Waals surface area (Å²) in [4.78, 5) is 4.24. The molecule has 118 valence electrons. The van der Waals surface area contributed by atoms with E-state index in [1.165, 1.54) is 0 Å². The highest BCUT2D eigenvalue weighted by Gasteiger charge is 2.33. The summed E-state index contributed by atoms with van der Waals surface area (Å²) in [5.41, 5.74) is 6.70. The van der Waals surface area contributed by atoms with Gasteiger partial charge in [-0.3, -0.25) is 0 Å². The molecule has 1 aliphatic rings. The van der Waals surface area contributed by atoms with Crippen molar-refractivity contribution in [2.24, 2.45) is 0 Å². The summed E-state index contributed by atoms with van der Waals surface area (Å²) in [6.45, 7) is 0. The molecule has 3 N–H and O–H groups in total. The highest BCUT2D eigenvalue weighted by molar-refractivity contribution is 6.35. The second-order valence-corrected chi connectivity index (χ2v) is 6.21. The Kier molecular flexibility index (Phi) is 3.43. The molecule has 0 radical (unpaired) electrons. The van der Waals surface area contributed by atoms with Crippen LogP contribution in [0.3, 0.4) is 0 Å². The van der Waals surface area contributed by atoms with Gasteiger partial charge in [0.05, 0.1) is 12.3 Å². The molecule has 1 aliphatic heterocycles. The monoisotopic (exact) mass is 349 g/mol. The number of rotatable bonds is 2. The predicted molar refractivity (Wildman–Crippen MR) is 88.7 cm³/mol. The van der Waals surface area contributed by atoms with Crippen LogP contribution in [0.5, 0.6) is 0 Å². The molecule has 0 saturated carbocycles. The Balaban J connectivity index is 1.77. The minimum Gasteiger partial charge on any atom is -0.467 e. The highest BCUT2D eigenvalue weighted by Crippen LogP contribution is 2.40. The average Bonchev–Trinajstić information content (AvgIpc) is 3.14. The number of fused-ring (bicyclic) bond motifs is 1. The molecule has 0 fully saturated rings. The lowest BCUT2D eigenvalue weighted by Gasteiger charge is -2.30. The van der Waals surface area contributed by atoms with Crippen LogP contribution >= 0.6 is 23.2 Å². The van der Waals surface area contributed by atoms with Gasteiger partial charge in [0.2, 0.25) is 11.9 Å². The second kappa shape index (κ2) is 5.47. The van der Waals surface area contributed by atoms with Gasteiger partial charge in [0.25, 0.3) is 0 Å². The molecule has 3 aromatic rings. The number of aromatic nitrogens is 3. The fourth-order valence-electron chi connectivity index (χ4n) is 2.90. The maximum Gasteiger partial charge on any atom is 0.241 e. The van der Waals surface area contributed by atoms with Crippen LogP contribution in [-0.2, 0) is 0 Å². The minimum absolute atomic E-state index is 0.0500. The van der Waals surface area contributed by atoms with Crippen LogP contribution in [0, 0.1) is 0 Å². The molecule has 23 heavy (non-hydrogen) atoms. The predicted octanol–water partition coefficient (Wildman–Crippen LogP) is 3.91. The van der Waals surface area contributed by atoms with Gasteiger partial charge in [-0.2, -0.15) is 4.98 Å². The van der Waals surface area contributed by atoms with Gasteiger partial charge >= 0.3 is 0 Å².